The molecular formula is C19H17N3O4. The van der Waals surface area contributed by atoms with Crippen LogP contribution in [0.25, 0.3) is 0 Å². The molecule has 0 bridgehead atoms. The van der Waals surface area contributed by atoms with Crippen molar-refractivity contribution in [1.82, 2.24) is 10.2 Å². The Labute approximate surface area is 150 Å². The number of nitrogens with zero attached hydrogens (tertiary/aromatic N) is 2. The molecule has 2 aromatic carbocycles. The van der Waals surface area contributed by atoms with E-state index in [1.54, 1.807) is 12.1 Å². The lowest BCUT2D eigenvalue weighted by atomic mass is 10.1. The van der Waals surface area contributed by atoms with Gasteiger partial charge in [0.05, 0.1) is 6.42 Å². The molecule has 26 heavy (non-hydrogen) atoms. The topological polar surface area (TPSA) is 86.5 Å². The highest BCUT2D eigenvalue weighted by molar-refractivity contribution is 5.92. The fourth-order valence-electron chi connectivity index (χ4n) is 2.59. The predicted octanol–water partition coefficient (Wildman–Crippen LogP) is 2.75. The second-order valence-electron chi connectivity index (χ2n) is 6.02. The standard InChI is InChI=1S/C19H17N3O4/c1-12-6-8-13(9-7-12)10-17-21-22-19(26-17)20-18(23)16-11-24-14-4-2-3-5-15(14)25-16/h2-9,16H,10-11H2,1H3,(H,20,22,23)/t16-/m0/s1. The molecule has 7 heteroatoms. The van der Waals surface area contributed by atoms with Crippen LogP contribution in [0.5, 0.6) is 11.5 Å². The molecule has 1 amide bonds. The highest BCUT2D eigenvalue weighted by atomic mass is 16.6. The highest BCUT2D eigenvalue weighted by Crippen LogP contribution is 2.31. The van der Waals surface area contributed by atoms with Crippen LogP contribution in [0.4, 0.5) is 6.01 Å². The third kappa shape index (κ3) is 3.51. The predicted molar refractivity (Wildman–Crippen MR) is 93.3 cm³/mol. The number of aryl methyl sites for hydroxylation is 1. The maximum atomic E-state index is 12.3. The maximum absolute atomic E-state index is 12.3. The second-order valence-corrected chi connectivity index (χ2v) is 6.02. The average Bonchev–Trinajstić information content (AvgIpc) is 3.10. The van der Waals surface area contributed by atoms with Crippen LogP contribution >= 0.6 is 0 Å². The molecule has 4 rings (SSSR count). The molecule has 0 saturated carbocycles. The molecule has 132 valence electrons. The third-order valence-electron chi connectivity index (χ3n) is 3.97. The molecule has 1 aromatic heterocycles. The largest absolute Gasteiger partial charge is 0.485 e. The SMILES string of the molecule is Cc1ccc(Cc2nnc(NC(=O)[C@@H]3COc4ccccc4O3)o2)cc1. The molecule has 0 spiro atoms. The molecule has 1 N–H and O–H groups in total. The lowest BCUT2D eigenvalue weighted by Crippen LogP contribution is -2.40. The fraction of sp³-hybridized carbons (Fsp3) is 0.211. The molecule has 0 fully saturated rings. The zero-order valence-corrected chi connectivity index (χ0v) is 14.1. The van der Waals surface area contributed by atoms with Gasteiger partial charge in [-0.1, -0.05) is 47.1 Å². The van der Waals surface area contributed by atoms with Crippen LogP contribution in [0.2, 0.25) is 0 Å². The first-order valence-corrected chi connectivity index (χ1v) is 8.24. The first-order valence-electron chi connectivity index (χ1n) is 8.24. The second kappa shape index (κ2) is 6.87. The van der Waals surface area contributed by atoms with Crippen LogP contribution in [0.1, 0.15) is 17.0 Å². The van der Waals surface area contributed by atoms with Crippen molar-refractivity contribution in [2.75, 3.05) is 11.9 Å². The fourth-order valence-corrected chi connectivity index (χ4v) is 2.59. The number of fused-ring (bicyclic) bond motifs is 1. The van der Waals surface area contributed by atoms with E-state index in [2.05, 4.69) is 15.5 Å². The van der Waals surface area contributed by atoms with Crippen LogP contribution < -0.4 is 14.8 Å². The Bertz CT molecular complexity index is 921. The third-order valence-corrected chi connectivity index (χ3v) is 3.97. The van der Waals surface area contributed by atoms with Crippen molar-refractivity contribution in [3.8, 4) is 11.5 Å². The minimum atomic E-state index is -0.780. The first-order chi connectivity index (χ1) is 12.7. The number of carbonyl (C=O) groups is 1. The van der Waals surface area contributed by atoms with Gasteiger partial charge in [-0.05, 0) is 24.6 Å². The first kappa shape index (κ1) is 16.1. The quantitative estimate of drug-likeness (QED) is 0.778. The van der Waals surface area contributed by atoms with Crippen LogP contribution in [-0.2, 0) is 11.2 Å². The Balaban J connectivity index is 1.38. The Morgan fingerprint density at radius 2 is 1.88 bits per heavy atom. The molecule has 1 aliphatic heterocycles. The average molecular weight is 351 g/mol. The number of hydrogen-bond donors (Lipinski definition) is 1. The molecular weight excluding hydrogens is 334 g/mol. The van der Waals surface area contributed by atoms with Gasteiger partial charge in [0.15, 0.2) is 11.5 Å². The summed E-state index contributed by atoms with van der Waals surface area (Å²) < 4.78 is 16.7. The Kier molecular flexibility index (Phi) is 4.27. The van der Waals surface area contributed by atoms with Crippen LogP contribution in [0.3, 0.4) is 0 Å². The number of hydrogen-bond acceptors (Lipinski definition) is 6. The van der Waals surface area contributed by atoms with Crippen molar-refractivity contribution < 1.29 is 18.7 Å². The summed E-state index contributed by atoms with van der Waals surface area (Å²) in [4.78, 5) is 12.3. The van der Waals surface area contributed by atoms with Crippen molar-refractivity contribution >= 4 is 11.9 Å². The molecule has 2 heterocycles. The number of para-hydroxylation sites is 2. The molecule has 3 aromatic rings. The summed E-state index contributed by atoms with van der Waals surface area (Å²) in [7, 11) is 0. The lowest BCUT2D eigenvalue weighted by Gasteiger charge is -2.24. The normalized spacial score (nSPS) is 15.5. The molecule has 7 nitrogen and oxygen atoms in total. The number of rotatable bonds is 4. The summed E-state index contributed by atoms with van der Waals surface area (Å²) in [5.41, 5.74) is 2.24. The van der Waals surface area contributed by atoms with Crippen LogP contribution in [0, 0.1) is 6.92 Å². The van der Waals surface area contributed by atoms with Gasteiger partial charge in [-0.2, -0.15) is 0 Å². The van der Waals surface area contributed by atoms with E-state index in [1.807, 2.05) is 43.3 Å². The van der Waals surface area contributed by atoms with E-state index in [-0.39, 0.29) is 12.6 Å². The number of carbonyl (C=O) groups excluding carboxylic acids is 1. The monoisotopic (exact) mass is 351 g/mol. The summed E-state index contributed by atoms with van der Waals surface area (Å²) in [6, 6.07) is 15.3. The van der Waals surface area contributed by atoms with Crippen molar-refractivity contribution in [2.24, 2.45) is 0 Å². The molecule has 1 atom stereocenters. The van der Waals surface area contributed by atoms with Gasteiger partial charge in [0, 0.05) is 0 Å². The van der Waals surface area contributed by atoms with Crippen molar-refractivity contribution in [2.45, 2.75) is 19.4 Å². The van der Waals surface area contributed by atoms with Gasteiger partial charge in [0.25, 0.3) is 5.91 Å². The van der Waals surface area contributed by atoms with E-state index in [9.17, 15) is 4.79 Å². The number of benzene rings is 2. The van der Waals surface area contributed by atoms with Gasteiger partial charge in [-0.15, -0.1) is 5.10 Å². The van der Waals surface area contributed by atoms with E-state index in [0.717, 1.165) is 5.56 Å². The zero-order valence-electron chi connectivity index (χ0n) is 14.1. The lowest BCUT2D eigenvalue weighted by molar-refractivity contribution is -0.125. The number of nitrogens with one attached hydrogen (secondary N) is 1. The summed E-state index contributed by atoms with van der Waals surface area (Å²) in [6.07, 6.45) is -0.281. The van der Waals surface area contributed by atoms with Gasteiger partial charge in [0.1, 0.15) is 6.61 Å². The van der Waals surface area contributed by atoms with Crippen molar-refractivity contribution in [1.29, 1.82) is 0 Å². The van der Waals surface area contributed by atoms with Gasteiger partial charge >= 0.3 is 6.01 Å². The van der Waals surface area contributed by atoms with Crippen molar-refractivity contribution in [3.05, 3.63) is 65.5 Å². The van der Waals surface area contributed by atoms with Gasteiger partial charge in [-0.3, -0.25) is 10.1 Å². The number of amides is 1. The Hall–Kier alpha value is -3.35. The van der Waals surface area contributed by atoms with Gasteiger partial charge in [-0.25, -0.2) is 0 Å². The molecule has 0 unspecified atom stereocenters. The van der Waals surface area contributed by atoms with Crippen LogP contribution in [0.15, 0.2) is 52.9 Å². The van der Waals surface area contributed by atoms with E-state index in [1.165, 1.54) is 5.56 Å². The van der Waals surface area contributed by atoms with Crippen molar-refractivity contribution in [3.63, 3.8) is 0 Å². The molecule has 0 aliphatic carbocycles. The van der Waals surface area contributed by atoms with Crippen LogP contribution in [-0.4, -0.2) is 28.8 Å². The molecule has 0 radical (unpaired) electrons. The minimum absolute atomic E-state index is 0.0413. The summed E-state index contributed by atoms with van der Waals surface area (Å²) in [6.45, 7) is 2.15. The van der Waals surface area contributed by atoms with E-state index in [0.29, 0.717) is 23.8 Å². The Morgan fingerprint density at radius 1 is 1.12 bits per heavy atom. The minimum Gasteiger partial charge on any atom is -0.485 e. The molecule has 1 aliphatic rings. The summed E-state index contributed by atoms with van der Waals surface area (Å²) >= 11 is 0. The number of aromatic nitrogens is 2. The number of anilines is 1. The van der Waals surface area contributed by atoms with E-state index in [4.69, 9.17) is 13.9 Å². The molecule has 0 saturated heterocycles. The zero-order chi connectivity index (χ0) is 17.9. The smallest absolute Gasteiger partial charge is 0.322 e. The Morgan fingerprint density at radius 3 is 2.69 bits per heavy atom. The maximum Gasteiger partial charge on any atom is 0.322 e. The van der Waals surface area contributed by atoms with E-state index < -0.39 is 12.0 Å². The number of ether oxygens (including phenoxy) is 2. The van der Waals surface area contributed by atoms with E-state index >= 15 is 0 Å². The highest BCUT2D eigenvalue weighted by Gasteiger charge is 2.28. The van der Waals surface area contributed by atoms with Gasteiger partial charge in [0.2, 0.25) is 12.0 Å². The summed E-state index contributed by atoms with van der Waals surface area (Å²) in [5.74, 6) is 1.18. The van der Waals surface area contributed by atoms with Gasteiger partial charge < -0.3 is 13.9 Å². The summed E-state index contributed by atoms with van der Waals surface area (Å²) in [5, 5.41) is 10.4.